The zero-order chi connectivity index (χ0) is 14.8. The maximum absolute atomic E-state index is 12.3. The predicted molar refractivity (Wildman–Crippen MR) is 83.0 cm³/mol. The van der Waals surface area contributed by atoms with Gasteiger partial charge in [0, 0.05) is 23.8 Å². The molecule has 4 heteroatoms. The highest BCUT2D eigenvalue weighted by molar-refractivity contribution is 5.90. The van der Waals surface area contributed by atoms with E-state index in [1.165, 1.54) is 5.56 Å². The van der Waals surface area contributed by atoms with Gasteiger partial charge < -0.3 is 15.5 Å². The Balaban J connectivity index is 2.01. The van der Waals surface area contributed by atoms with Gasteiger partial charge in [-0.15, -0.1) is 0 Å². The Bertz CT molecular complexity index is 467. The fraction of sp³-hybridized carbons (Fsp3) is 0.562. The molecule has 1 aromatic carbocycles. The molecule has 0 radical (unpaired) electrons. The minimum absolute atomic E-state index is 0.00177. The zero-order valence-electron chi connectivity index (χ0n) is 12.9. The van der Waals surface area contributed by atoms with Crippen LogP contribution >= 0.6 is 0 Å². The van der Waals surface area contributed by atoms with Crippen LogP contribution in [-0.4, -0.2) is 30.1 Å². The summed E-state index contributed by atoms with van der Waals surface area (Å²) in [5, 5.41) is 6.19. The standard InChI is InChI=1S/C16H25N3O/c1-12(17-4)13-6-8-14(9-7-13)18-15(20)19-11-5-10-16(19,2)3/h6-9,12,17H,5,10-11H2,1-4H3,(H,18,20). The molecule has 2 rings (SSSR count). The number of amides is 2. The number of likely N-dealkylation sites (tertiary alicyclic amines) is 1. The molecule has 2 N–H and O–H groups in total. The summed E-state index contributed by atoms with van der Waals surface area (Å²) in [5.41, 5.74) is 2.03. The van der Waals surface area contributed by atoms with Crippen LogP contribution in [0.4, 0.5) is 10.5 Å². The quantitative estimate of drug-likeness (QED) is 0.888. The van der Waals surface area contributed by atoms with E-state index >= 15 is 0 Å². The van der Waals surface area contributed by atoms with E-state index < -0.39 is 0 Å². The molecule has 0 aliphatic carbocycles. The van der Waals surface area contributed by atoms with Crippen molar-refractivity contribution >= 4 is 11.7 Å². The molecular weight excluding hydrogens is 250 g/mol. The van der Waals surface area contributed by atoms with Crippen LogP contribution in [0.1, 0.15) is 45.2 Å². The number of urea groups is 1. The lowest BCUT2D eigenvalue weighted by Crippen LogP contribution is -2.44. The van der Waals surface area contributed by atoms with Gasteiger partial charge in [0.2, 0.25) is 0 Å². The Kier molecular flexibility index (Phi) is 4.33. The molecule has 20 heavy (non-hydrogen) atoms. The van der Waals surface area contributed by atoms with Gasteiger partial charge in [0.25, 0.3) is 0 Å². The summed E-state index contributed by atoms with van der Waals surface area (Å²) in [5.74, 6) is 0. The first kappa shape index (κ1) is 14.9. The van der Waals surface area contributed by atoms with Gasteiger partial charge in [0.05, 0.1) is 0 Å². The molecule has 0 spiro atoms. The average molecular weight is 275 g/mol. The SMILES string of the molecule is CNC(C)c1ccc(NC(=O)N2CCCC2(C)C)cc1. The van der Waals surface area contributed by atoms with Gasteiger partial charge in [-0.1, -0.05) is 12.1 Å². The number of hydrogen-bond donors (Lipinski definition) is 2. The van der Waals surface area contributed by atoms with Gasteiger partial charge in [-0.25, -0.2) is 4.79 Å². The van der Waals surface area contributed by atoms with Gasteiger partial charge in [0.15, 0.2) is 0 Å². The second-order valence-electron chi connectivity index (χ2n) is 6.13. The summed E-state index contributed by atoms with van der Waals surface area (Å²) in [6, 6.07) is 8.34. The molecule has 1 aliphatic heterocycles. The Morgan fingerprint density at radius 1 is 1.30 bits per heavy atom. The van der Waals surface area contributed by atoms with E-state index in [9.17, 15) is 4.79 Å². The molecule has 4 nitrogen and oxygen atoms in total. The van der Waals surface area contributed by atoms with Crippen molar-refractivity contribution in [2.45, 2.75) is 45.2 Å². The fourth-order valence-corrected chi connectivity index (χ4v) is 2.70. The van der Waals surface area contributed by atoms with Crippen molar-refractivity contribution in [2.24, 2.45) is 0 Å². The number of carbonyl (C=O) groups is 1. The first-order chi connectivity index (χ1) is 9.44. The highest BCUT2D eigenvalue weighted by atomic mass is 16.2. The van der Waals surface area contributed by atoms with E-state index in [2.05, 4.69) is 31.4 Å². The van der Waals surface area contributed by atoms with Crippen LogP contribution in [0, 0.1) is 0 Å². The van der Waals surface area contributed by atoms with Crippen molar-refractivity contribution in [3.05, 3.63) is 29.8 Å². The molecular formula is C16H25N3O. The summed E-state index contributed by atoms with van der Waals surface area (Å²) in [7, 11) is 1.94. The Labute approximate surface area is 121 Å². The molecule has 110 valence electrons. The maximum Gasteiger partial charge on any atom is 0.322 e. The highest BCUT2D eigenvalue weighted by Crippen LogP contribution is 2.28. The second-order valence-corrected chi connectivity index (χ2v) is 6.13. The van der Waals surface area contributed by atoms with Crippen LogP contribution in [0.25, 0.3) is 0 Å². The van der Waals surface area contributed by atoms with Gasteiger partial charge in [-0.2, -0.15) is 0 Å². The lowest BCUT2D eigenvalue weighted by molar-refractivity contribution is 0.178. The van der Waals surface area contributed by atoms with Crippen molar-refractivity contribution in [3.8, 4) is 0 Å². The fourth-order valence-electron chi connectivity index (χ4n) is 2.70. The van der Waals surface area contributed by atoms with Crippen LogP contribution in [0.3, 0.4) is 0 Å². The van der Waals surface area contributed by atoms with Crippen LogP contribution in [-0.2, 0) is 0 Å². The Hall–Kier alpha value is -1.55. The van der Waals surface area contributed by atoms with Crippen molar-refractivity contribution in [2.75, 3.05) is 18.9 Å². The van der Waals surface area contributed by atoms with Gasteiger partial charge in [-0.05, 0) is 58.4 Å². The highest BCUT2D eigenvalue weighted by Gasteiger charge is 2.35. The zero-order valence-corrected chi connectivity index (χ0v) is 12.9. The first-order valence-corrected chi connectivity index (χ1v) is 7.30. The number of nitrogens with zero attached hydrogens (tertiary/aromatic N) is 1. The third kappa shape index (κ3) is 3.12. The minimum Gasteiger partial charge on any atom is -0.319 e. The number of hydrogen-bond acceptors (Lipinski definition) is 2. The number of rotatable bonds is 3. The summed E-state index contributed by atoms with van der Waals surface area (Å²) >= 11 is 0. The van der Waals surface area contributed by atoms with Crippen LogP contribution in [0.2, 0.25) is 0 Å². The summed E-state index contributed by atoms with van der Waals surface area (Å²) in [6.07, 6.45) is 2.15. The van der Waals surface area contributed by atoms with Crippen LogP contribution in [0.15, 0.2) is 24.3 Å². The molecule has 0 saturated carbocycles. The average Bonchev–Trinajstić information content (AvgIpc) is 2.78. The van der Waals surface area contributed by atoms with Gasteiger partial charge >= 0.3 is 6.03 Å². The second kappa shape index (κ2) is 5.83. The molecule has 1 fully saturated rings. The van der Waals surface area contributed by atoms with E-state index in [1.54, 1.807) is 0 Å². The number of carbonyl (C=O) groups excluding carboxylic acids is 1. The van der Waals surface area contributed by atoms with Crippen LogP contribution in [0.5, 0.6) is 0 Å². The Morgan fingerprint density at radius 3 is 2.45 bits per heavy atom. The molecule has 0 aromatic heterocycles. The van der Waals surface area contributed by atoms with E-state index in [1.807, 2.05) is 36.2 Å². The molecule has 0 bridgehead atoms. The summed E-state index contributed by atoms with van der Waals surface area (Å²) in [4.78, 5) is 14.2. The van der Waals surface area contributed by atoms with Crippen molar-refractivity contribution < 1.29 is 4.79 Å². The first-order valence-electron chi connectivity index (χ1n) is 7.30. The largest absolute Gasteiger partial charge is 0.322 e. The molecule has 1 aromatic rings. The lowest BCUT2D eigenvalue weighted by Gasteiger charge is -2.31. The molecule has 1 unspecified atom stereocenters. The van der Waals surface area contributed by atoms with E-state index in [0.29, 0.717) is 6.04 Å². The van der Waals surface area contributed by atoms with E-state index in [-0.39, 0.29) is 11.6 Å². The summed E-state index contributed by atoms with van der Waals surface area (Å²) < 4.78 is 0. The minimum atomic E-state index is -0.0370. The number of anilines is 1. The molecule has 2 amide bonds. The van der Waals surface area contributed by atoms with E-state index in [0.717, 1.165) is 25.1 Å². The third-order valence-corrected chi connectivity index (χ3v) is 4.24. The van der Waals surface area contributed by atoms with Gasteiger partial charge in [0.1, 0.15) is 0 Å². The van der Waals surface area contributed by atoms with E-state index in [4.69, 9.17) is 0 Å². The smallest absolute Gasteiger partial charge is 0.319 e. The van der Waals surface area contributed by atoms with Crippen molar-refractivity contribution in [1.29, 1.82) is 0 Å². The molecule has 1 saturated heterocycles. The lowest BCUT2D eigenvalue weighted by atomic mass is 10.0. The third-order valence-electron chi connectivity index (χ3n) is 4.24. The van der Waals surface area contributed by atoms with Crippen molar-refractivity contribution in [3.63, 3.8) is 0 Å². The molecule has 1 atom stereocenters. The summed E-state index contributed by atoms with van der Waals surface area (Å²) in [6.45, 7) is 7.20. The maximum atomic E-state index is 12.3. The number of nitrogens with one attached hydrogen (secondary N) is 2. The monoisotopic (exact) mass is 275 g/mol. The topological polar surface area (TPSA) is 44.4 Å². The van der Waals surface area contributed by atoms with Gasteiger partial charge in [-0.3, -0.25) is 0 Å². The normalized spacial score (nSPS) is 18.9. The van der Waals surface area contributed by atoms with Crippen LogP contribution < -0.4 is 10.6 Å². The Morgan fingerprint density at radius 2 is 1.95 bits per heavy atom. The number of benzene rings is 1. The van der Waals surface area contributed by atoms with Crippen molar-refractivity contribution in [1.82, 2.24) is 10.2 Å². The molecule has 1 aliphatic rings. The predicted octanol–water partition coefficient (Wildman–Crippen LogP) is 3.37. The molecule has 1 heterocycles.